The van der Waals surface area contributed by atoms with E-state index < -0.39 is 0 Å². The van der Waals surface area contributed by atoms with Gasteiger partial charge in [-0.2, -0.15) is 0 Å². The first-order valence-corrected chi connectivity index (χ1v) is 8.64. The highest BCUT2D eigenvalue weighted by Crippen LogP contribution is 2.30. The highest BCUT2D eigenvalue weighted by atomic mass is 16.2. The van der Waals surface area contributed by atoms with E-state index >= 15 is 0 Å². The standard InChI is InChI=1S/C17H26N4O2/c1-13(2)11-14-17-18-6-10-19(17)8-4-9-21(14)16(23)12-20-7-3-5-15(20)22/h6,10,13-14H,3-5,7-9,11-12H2,1-2H3. The molecule has 6 heteroatoms. The number of hydrogen-bond donors (Lipinski definition) is 0. The highest BCUT2D eigenvalue weighted by molar-refractivity contribution is 5.86. The maximum atomic E-state index is 12.9. The minimum atomic E-state index is 0.0118. The summed E-state index contributed by atoms with van der Waals surface area (Å²) in [5, 5.41) is 0. The summed E-state index contributed by atoms with van der Waals surface area (Å²) in [6.07, 6.45) is 7.09. The van der Waals surface area contributed by atoms with Gasteiger partial charge in [0.15, 0.2) is 0 Å². The SMILES string of the molecule is CC(C)CC1c2nccn2CCCN1C(=O)CN1CCCC1=O. The number of rotatable bonds is 4. The number of aromatic nitrogens is 2. The molecule has 0 spiro atoms. The smallest absolute Gasteiger partial charge is 0.242 e. The van der Waals surface area contributed by atoms with Crippen LogP contribution in [0.3, 0.4) is 0 Å². The van der Waals surface area contributed by atoms with Gasteiger partial charge < -0.3 is 14.4 Å². The van der Waals surface area contributed by atoms with E-state index in [0.29, 0.717) is 18.9 Å². The van der Waals surface area contributed by atoms with Gasteiger partial charge in [0.05, 0.1) is 12.6 Å². The molecule has 2 aliphatic rings. The molecule has 126 valence electrons. The van der Waals surface area contributed by atoms with E-state index in [1.807, 2.05) is 17.3 Å². The van der Waals surface area contributed by atoms with Crippen LogP contribution in [-0.4, -0.2) is 50.8 Å². The summed E-state index contributed by atoms with van der Waals surface area (Å²) < 4.78 is 2.17. The minimum Gasteiger partial charge on any atom is -0.333 e. The van der Waals surface area contributed by atoms with E-state index in [0.717, 1.165) is 38.2 Å². The van der Waals surface area contributed by atoms with E-state index in [9.17, 15) is 9.59 Å². The number of carbonyl (C=O) groups is 2. The molecule has 2 aliphatic heterocycles. The molecule has 6 nitrogen and oxygen atoms in total. The molecule has 1 aromatic heterocycles. The summed E-state index contributed by atoms with van der Waals surface area (Å²) >= 11 is 0. The third-order valence-corrected chi connectivity index (χ3v) is 4.73. The molecular formula is C17H26N4O2. The Morgan fingerprint density at radius 3 is 2.83 bits per heavy atom. The van der Waals surface area contributed by atoms with Crippen LogP contribution in [-0.2, 0) is 16.1 Å². The van der Waals surface area contributed by atoms with Crippen LogP contribution >= 0.6 is 0 Å². The van der Waals surface area contributed by atoms with Crippen LogP contribution in [0.5, 0.6) is 0 Å². The Morgan fingerprint density at radius 1 is 1.30 bits per heavy atom. The molecule has 0 N–H and O–H groups in total. The zero-order valence-electron chi connectivity index (χ0n) is 14.1. The van der Waals surface area contributed by atoms with Crippen molar-refractivity contribution < 1.29 is 9.59 Å². The van der Waals surface area contributed by atoms with Crippen molar-refractivity contribution in [2.45, 2.75) is 52.1 Å². The Hall–Kier alpha value is -1.85. The van der Waals surface area contributed by atoms with Crippen molar-refractivity contribution in [1.82, 2.24) is 19.4 Å². The van der Waals surface area contributed by atoms with Crippen LogP contribution in [0.15, 0.2) is 12.4 Å². The van der Waals surface area contributed by atoms with Gasteiger partial charge in [-0.05, 0) is 25.2 Å². The van der Waals surface area contributed by atoms with Crippen molar-refractivity contribution in [2.75, 3.05) is 19.6 Å². The zero-order chi connectivity index (χ0) is 16.4. The van der Waals surface area contributed by atoms with Crippen LogP contribution in [0.1, 0.15) is 51.4 Å². The Morgan fingerprint density at radius 2 is 2.13 bits per heavy atom. The molecule has 0 radical (unpaired) electrons. The summed E-state index contributed by atoms with van der Waals surface area (Å²) in [5.74, 6) is 1.63. The Kier molecular flexibility index (Phi) is 4.68. The fourth-order valence-corrected chi connectivity index (χ4v) is 3.62. The molecule has 1 aromatic rings. The van der Waals surface area contributed by atoms with Crippen molar-refractivity contribution >= 4 is 11.8 Å². The van der Waals surface area contributed by atoms with Gasteiger partial charge in [-0.1, -0.05) is 13.8 Å². The summed E-state index contributed by atoms with van der Waals surface area (Å²) in [7, 11) is 0. The predicted molar refractivity (Wildman–Crippen MR) is 86.6 cm³/mol. The normalized spacial score (nSPS) is 21.7. The molecular weight excluding hydrogens is 292 g/mol. The van der Waals surface area contributed by atoms with Crippen LogP contribution in [0.4, 0.5) is 0 Å². The molecule has 1 fully saturated rings. The fraction of sp³-hybridized carbons (Fsp3) is 0.706. The third-order valence-electron chi connectivity index (χ3n) is 4.73. The molecule has 0 aromatic carbocycles. The lowest BCUT2D eigenvalue weighted by Gasteiger charge is -2.32. The molecule has 2 amide bonds. The quantitative estimate of drug-likeness (QED) is 0.851. The second kappa shape index (κ2) is 6.72. The van der Waals surface area contributed by atoms with Gasteiger partial charge in [-0.15, -0.1) is 0 Å². The third kappa shape index (κ3) is 3.41. The van der Waals surface area contributed by atoms with Gasteiger partial charge in [0.25, 0.3) is 0 Å². The van der Waals surface area contributed by atoms with Gasteiger partial charge in [0.1, 0.15) is 5.82 Å². The second-order valence-corrected chi connectivity index (χ2v) is 6.98. The Balaban J connectivity index is 1.80. The second-order valence-electron chi connectivity index (χ2n) is 6.98. The summed E-state index contributed by atoms with van der Waals surface area (Å²) in [6, 6.07) is 0.0118. The lowest BCUT2D eigenvalue weighted by Crippen LogP contribution is -2.43. The molecule has 0 aliphatic carbocycles. The number of aryl methyl sites for hydroxylation is 1. The Labute approximate surface area is 137 Å². The molecule has 0 saturated carbocycles. The molecule has 0 bridgehead atoms. The van der Waals surface area contributed by atoms with Crippen LogP contribution in [0.25, 0.3) is 0 Å². The van der Waals surface area contributed by atoms with Crippen molar-refractivity contribution in [3.05, 3.63) is 18.2 Å². The molecule has 1 saturated heterocycles. The number of fused-ring (bicyclic) bond motifs is 1. The minimum absolute atomic E-state index is 0.0118. The van der Waals surface area contributed by atoms with Crippen LogP contribution in [0.2, 0.25) is 0 Å². The average Bonchev–Trinajstić information content (AvgIpc) is 3.07. The van der Waals surface area contributed by atoms with Crippen LogP contribution < -0.4 is 0 Å². The number of hydrogen-bond acceptors (Lipinski definition) is 3. The predicted octanol–water partition coefficient (Wildman–Crippen LogP) is 1.83. The lowest BCUT2D eigenvalue weighted by molar-refractivity contribution is -0.140. The van der Waals surface area contributed by atoms with Crippen molar-refractivity contribution in [3.8, 4) is 0 Å². The number of likely N-dealkylation sites (tertiary alicyclic amines) is 1. The number of carbonyl (C=O) groups excluding carboxylic acids is 2. The molecule has 3 rings (SSSR count). The van der Waals surface area contributed by atoms with Gasteiger partial charge in [0, 0.05) is 38.4 Å². The van der Waals surface area contributed by atoms with Crippen LogP contribution in [0, 0.1) is 5.92 Å². The number of amides is 2. The summed E-state index contributed by atoms with van der Waals surface area (Å²) in [5.41, 5.74) is 0. The number of imidazole rings is 1. The molecule has 3 heterocycles. The van der Waals surface area contributed by atoms with E-state index in [2.05, 4.69) is 23.4 Å². The Bertz CT molecular complexity index is 581. The summed E-state index contributed by atoms with van der Waals surface area (Å²) in [6.45, 7) is 6.91. The van der Waals surface area contributed by atoms with E-state index in [1.165, 1.54) is 0 Å². The van der Waals surface area contributed by atoms with Crippen molar-refractivity contribution in [2.24, 2.45) is 5.92 Å². The maximum Gasteiger partial charge on any atom is 0.242 e. The lowest BCUT2D eigenvalue weighted by atomic mass is 10.0. The van der Waals surface area contributed by atoms with E-state index in [-0.39, 0.29) is 24.4 Å². The molecule has 1 atom stereocenters. The van der Waals surface area contributed by atoms with Gasteiger partial charge >= 0.3 is 0 Å². The van der Waals surface area contributed by atoms with Gasteiger partial charge in [-0.25, -0.2) is 4.98 Å². The average molecular weight is 318 g/mol. The van der Waals surface area contributed by atoms with E-state index in [1.54, 1.807) is 4.90 Å². The first kappa shape index (κ1) is 16.0. The largest absolute Gasteiger partial charge is 0.333 e. The summed E-state index contributed by atoms with van der Waals surface area (Å²) in [4.78, 5) is 32.9. The topological polar surface area (TPSA) is 58.4 Å². The molecule has 23 heavy (non-hydrogen) atoms. The van der Waals surface area contributed by atoms with E-state index in [4.69, 9.17) is 0 Å². The van der Waals surface area contributed by atoms with Gasteiger partial charge in [0.2, 0.25) is 11.8 Å². The first-order chi connectivity index (χ1) is 11.1. The van der Waals surface area contributed by atoms with Gasteiger partial charge in [-0.3, -0.25) is 9.59 Å². The fourth-order valence-electron chi connectivity index (χ4n) is 3.62. The first-order valence-electron chi connectivity index (χ1n) is 8.64. The monoisotopic (exact) mass is 318 g/mol. The number of nitrogens with zero attached hydrogens (tertiary/aromatic N) is 4. The van der Waals surface area contributed by atoms with Crippen molar-refractivity contribution in [1.29, 1.82) is 0 Å². The highest BCUT2D eigenvalue weighted by Gasteiger charge is 2.33. The molecule has 1 unspecified atom stereocenters. The van der Waals surface area contributed by atoms with Crippen molar-refractivity contribution in [3.63, 3.8) is 0 Å². The maximum absolute atomic E-state index is 12.9. The zero-order valence-corrected chi connectivity index (χ0v) is 14.1.